The highest BCUT2D eigenvalue weighted by Crippen LogP contribution is 2.32. The summed E-state index contributed by atoms with van der Waals surface area (Å²) in [6, 6.07) is 8.19. The molecule has 4 aromatic rings. The molecule has 0 radical (unpaired) electrons. The van der Waals surface area contributed by atoms with Crippen LogP contribution in [0.5, 0.6) is 11.6 Å². The van der Waals surface area contributed by atoms with Gasteiger partial charge in [0.05, 0.1) is 11.8 Å². The highest BCUT2D eigenvalue weighted by Gasteiger charge is 2.28. The molecule has 5 rings (SSSR count). The Balaban J connectivity index is 1.37. The molecule has 4 heterocycles. The third-order valence-electron chi connectivity index (χ3n) is 5.74. The van der Waals surface area contributed by atoms with Gasteiger partial charge < -0.3 is 19.5 Å². The zero-order chi connectivity index (χ0) is 25.9. The van der Waals surface area contributed by atoms with Gasteiger partial charge in [-0.15, -0.1) is 0 Å². The summed E-state index contributed by atoms with van der Waals surface area (Å²) in [4.78, 5) is 13.3. The summed E-state index contributed by atoms with van der Waals surface area (Å²) in [5.41, 5.74) is 1.79. The molecule has 1 aliphatic heterocycles. The van der Waals surface area contributed by atoms with Crippen LogP contribution in [0.15, 0.2) is 41.6 Å². The second-order valence-corrected chi connectivity index (χ2v) is 9.79. The van der Waals surface area contributed by atoms with Crippen molar-refractivity contribution >= 4 is 28.7 Å². The van der Waals surface area contributed by atoms with E-state index in [1.807, 2.05) is 20.8 Å². The average Bonchev–Trinajstić information content (AvgIpc) is 3.25. The Morgan fingerprint density at radius 3 is 2.84 bits per heavy atom. The maximum atomic E-state index is 15.0. The Morgan fingerprint density at radius 1 is 1.19 bits per heavy atom. The number of benzene rings is 1. The van der Waals surface area contributed by atoms with Crippen molar-refractivity contribution in [1.82, 2.24) is 30.5 Å². The van der Waals surface area contributed by atoms with Crippen LogP contribution in [0, 0.1) is 12.7 Å². The number of alkyl halides is 1. The average molecular weight is 528 g/mol. The molecule has 0 saturated carbocycles. The predicted molar refractivity (Wildman–Crippen MR) is 138 cm³/mol. The summed E-state index contributed by atoms with van der Waals surface area (Å²) >= 11 is 1.17. The van der Waals surface area contributed by atoms with E-state index in [1.54, 1.807) is 30.5 Å². The van der Waals surface area contributed by atoms with Gasteiger partial charge in [-0.2, -0.15) is 10.1 Å². The van der Waals surface area contributed by atoms with Gasteiger partial charge in [-0.05, 0) is 58.0 Å². The number of anilines is 1. The van der Waals surface area contributed by atoms with Gasteiger partial charge in [-0.3, -0.25) is 5.10 Å². The zero-order valence-corrected chi connectivity index (χ0v) is 21.4. The van der Waals surface area contributed by atoms with E-state index in [0.717, 1.165) is 0 Å². The molecule has 9 nitrogen and oxygen atoms in total. The van der Waals surface area contributed by atoms with Crippen molar-refractivity contribution in [3.8, 4) is 23.0 Å². The van der Waals surface area contributed by atoms with E-state index in [1.165, 1.54) is 18.0 Å². The molecule has 194 valence electrons. The first-order valence-electron chi connectivity index (χ1n) is 12.0. The maximum absolute atomic E-state index is 15.0. The van der Waals surface area contributed by atoms with Gasteiger partial charge in [0.15, 0.2) is 11.5 Å². The third kappa shape index (κ3) is 5.75. The predicted octanol–water partition coefficient (Wildman–Crippen LogP) is 4.85. The Hall–Kier alpha value is -3.51. The number of halogens is 2. The lowest BCUT2D eigenvalue weighted by atomic mass is 10.1. The quantitative estimate of drug-likeness (QED) is 0.277. The van der Waals surface area contributed by atoms with Crippen LogP contribution in [-0.4, -0.2) is 56.6 Å². The molecule has 0 amide bonds. The van der Waals surface area contributed by atoms with Crippen molar-refractivity contribution in [2.24, 2.45) is 0 Å². The van der Waals surface area contributed by atoms with Crippen molar-refractivity contribution in [2.75, 3.05) is 17.8 Å². The van der Waals surface area contributed by atoms with E-state index in [9.17, 15) is 4.39 Å². The molecule has 2 unspecified atom stereocenters. The van der Waals surface area contributed by atoms with Crippen molar-refractivity contribution in [2.45, 2.75) is 50.6 Å². The molecule has 37 heavy (non-hydrogen) atoms. The molecule has 0 spiro atoms. The second-order valence-electron chi connectivity index (χ2n) is 8.96. The molecule has 3 N–H and O–H groups in total. The number of nitrogens with one attached hydrogen (secondary N) is 3. The number of nitrogens with zero attached hydrogens (tertiary/aromatic N) is 4. The van der Waals surface area contributed by atoms with Gasteiger partial charge in [-0.25, -0.2) is 18.7 Å². The van der Waals surface area contributed by atoms with Gasteiger partial charge in [0.1, 0.15) is 34.3 Å². The number of aryl methyl sites for hydroxylation is 1. The molecule has 1 aliphatic rings. The summed E-state index contributed by atoms with van der Waals surface area (Å²) in [6.45, 7) is 6.57. The Morgan fingerprint density at radius 2 is 2.05 bits per heavy atom. The molecular weight excluding hydrogens is 500 g/mol. The number of rotatable bonds is 8. The van der Waals surface area contributed by atoms with Gasteiger partial charge in [0, 0.05) is 42.0 Å². The molecule has 1 aromatic carbocycles. The van der Waals surface area contributed by atoms with E-state index >= 15 is 4.39 Å². The minimum atomic E-state index is -1.16. The van der Waals surface area contributed by atoms with Crippen LogP contribution < -0.4 is 19.5 Å². The molecule has 0 bridgehead atoms. The Kier molecular flexibility index (Phi) is 7.38. The minimum absolute atomic E-state index is 0.0361. The number of H-pyrrole nitrogens is 1. The van der Waals surface area contributed by atoms with Crippen molar-refractivity contribution in [3.05, 3.63) is 48.0 Å². The molecule has 1 fully saturated rings. The van der Waals surface area contributed by atoms with Crippen molar-refractivity contribution in [3.63, 3.8) is 0 Å². The van der Waals surface area contributed by atoms with Crippen LogP contribution >= 0.6 is 11.9 Å². The fourth-order valence-electron chi connectivity index (χ4n) is 3.95. The lowest BCUT2D eigenvalue weighted by molar-refractivity contribution is 0.0707. The SMILES string of the molecule is Cc1[nH]nc2nc(-c3ccc(NSc4cc(OC(C)C)ccn4)c(F)c3)nc(OC3CCNCC3F)c12. The van der Waals surface area contributed by atoms with E-state index in [2.05, 4.69) is 35.2 Å². The Labute approximate surface area is 216 Å². The maximum Gasteiger partial charge on any atom is 0.229 e. The van der Waals surface area contributed by atoms with Crippen LogP contribution in [0.2, 0.25) is 0 Å². The number of pyridine rings is 1. The summed E-state index contributed by atoms with van der Waals surface area (Å²) < 4.78 is 44.1. The molecule has 12 heteroatoms. The molecule has 1 saturated heterocycles. The highest BCUT2D eigenvalue weighted by molar-refractivity contribution is 8.00. The van der Waals surface area contributed by atoms with E-state index in [-0.39, 0.29) is 30.0 Å². The van der Waals surface area contributed by atoms with Gasteiger partial charge in [0.25, 0.3) is 0 Å². The lowest BCUT2D eigenvalue weighted by Crippen LogP contribution is -2.44. The van der Waals surface area contributed by atoms with Gasteiger partial charge in [0.2, 0.25) is 5.88 Å². The first-order chi connectivity index (χ1) is 17.9. The topological polar surface area (TPSA) is 110 Å². The number of ether oxygens (including phenoxy) is 2. The van der Waals surface area contributed by atoms with E-state index < -0.39 is 18.1 Å². The summed E-state index contributed by atoms with van der Waals surface area (Å²) in [7, 11) is 0. The van der Waals surface area contributed by atoms with Crippen LogP contribution in [0.4, 0.5) is 14.5 Å². The number of aromatic amines is 1. The van der Waals surface area contributed by atoms with Crippen LogP contribution in [0.1, 0.15) is 26.0 Å². The first kappa shape index (κ1) is 25.2. The number of fused-ring (bicyclic) bond motifs is 1. The first-order valence-corrected chi connectivity index (χ1v) is 12.8. The zero-order valence-electron chi connectivity index (χ0n) is 20.6. The molecule has 2 atom stereocenters. The Bertz CT molecular complexity index is 1400. The molecular formula is C25H27F2N7O2S. The largest absolute Gasteiger partial charge is 0.491 e. The summed E-state index contributed by atoms with van der Waals surface area (Å²) in [5.74, 6) is 0.657. The van der Waals surface area contributed by atoms with Crippen LogP contribution in [0.3, 0.4) is 0 Å². The standard InChI is InChI=1S/C25H27F2N7O2S/c1-13(2)35-16-6-9-29-21(11-16)37-34-19-5-4-15(10-17(19)26)23-30-24-22(14(3)32-33-24)25(31-23)36-20-7-8-28-12-18(20)27/h4-6,9-11,13,18,20,28,34H,7-8,12H2,1-3H3,(H,30,31,32,33). The van der Waals surface area contributed by atoms with Crippen LogP contribution in [0.25, 0.3) is 22.4 Å². The van der Waals surface area contributed by atoms with Crippen LogP contribution in [-0.2, 0) is 0 Å². The normalized spacial score (nSPS) is 17.8. The van der Waals surface area contributed by atoms with Gasteiger partial charge >= 0.3 is 0 Å². The molecule has 0 aliphatic carbocycles. The van der Waals surface area contributed by atoms with Crippen molar-refractivity contribution < 1.29 is 18.3 Å². The number of piperidine rings is 1. The van der Waals surface area contributed by atoms with Gasteiger partial charge in [-0.1, -0.05) is 0 Å². The van der Waals surface area contributed by atoms with Crippen molar-refractivity contribution in [1.29, 1.82) is 0 Å². The van der Waals surface area contributed by atoms with E-state index in [4.69, 9.17) is 9.47 Å². The second kappa shape index (κ2) is 10.9. The summed E-state index contributed by atoms with van der Waals surface area (Å²) in [5, 5.41) is 11.3. The third-order valence-corrected chi connectivity index (χ3v) is 6.50. The summed E-state index contributed by atoms with van der Waals surface area (Å²) in [6.07, 6.45) is 0.378. The smallest absolute Gasteiger partial charge is 0.229 e. The lowest BCUT2D eigenvalue weighted by Gasteiger charge is -2.27. The minimum Gasteiger partial charge on any atom is -0.491 e. The van der Waals surface area contributed by atoms with E-state index in [0.29, 0.717) is 46.0 Å². The number of aromatic nitrogens is 5. The number of hydrogen-bond acceptors (Lipinski definition) is 9. The monoisotopic (exact) mass is 527 g/mol. The fourth-order valence-corrected chi connectivity index (χ4v) is 4.62. The molecule has 3 aromatic heterocycles. The highest BCUT2D eigenvalue weighted by atomic mass is 32.2. The fraction of sp³-hybridized carbons (Fsp3) is 0.360. The number of hydrogen-bond donors (Lipinski definition) is 3.